The number of aryl methyl sites for hydroxylation is 3. The highest BCUT2D eigenvalue weighted by molar-refractivity contribution is 5.83. The van der Waals surface area contributed by atoms with E-state index in [0.717, 1.165) is 33.8 Å². The predicted octanol–water partition coefficient (Wildman–Crippen LogP) is 2.38. The lowest BCUT2D eigenvalue weighted by atomic mass is 9.98. The smallest absolute Gasteiger partial charge is 0.227 e. The van der Waals surface area contributed by atoms with Crippen molar-refractivity contribution in [3.8, 4) is 0 Å². The molecular formula is C18H23N5O. The van der Waals surface area contributed by atoms with Crippen LogP contribution in [0.5, 0.6) is 0 Å². The molecule has 1 unspecified atom stereocenters. The maximum Gasteiger partial charge on any atom is 0.227 e. The number of fused-ring (bicyclic) bond motifs is 1. The van der Waals surface area contributed by atoms with Gasteiger partial charge in [0.25, 0.3) is 0 Å². The highest BCUT2D eigenvalue weighted by Gasteiger charge is 2.21. The van der Waals surface area contributed by atoms with Gasteiger partial charge in [-0.2, -0.15) is 5.10 Å². The second kappa shape index (κ2) is 6.47. The minimum atomic E-state index is -0.218. The summed E-state index contributed by atoms with van der Waals surface area (Å²) in [6.07, 6.45) is 0.701. The third kappa shape index (κ3) is 2.91. The molecule has 1 amide bonds. The number of carbonyl (C=O) groups is 1. The number of carbonyl (C=O) groups excluding carboxylic acids is 1. The molecular weight excluding hydrogens is 302 g/mol. The molecule has 0 saturated heterocycles. The summed E-state index contributed by atoms with van der Waals surface area (Å²) in [4.78, 5) is 17.0. The third-order valence-electron chi connectivity index (χ3n) is 4.54. The molecule has 2 N–H and O–H groups in total. The van der Waals surface area contributed by atoms with Crippen LogP contribution in [-0.2, 0) is 18.3 Å². The van der Waals surface area contributed by atoms with Gasteiger partial charge in [-0.05, 0) is 32.9 Å². The molecule has 0 saturated carbocycles. The van der Waals surface area contributed by atoms with E-state index in [4.69, 9.17) is 0 Å². The van der Waals surface area contributed by atoms with Crippen molar-refractivity contribution < 1.29 is 4.79 Å². The number of nitrogens with zero attached hydrogens (tertiary/aromatic N) is 3. The van der Waals surface area contributed by atoms with Crippen LogP contribution in [0.15, 0.2) is 24.3 Å². The summed E-state index contributed by atoms with van der Waals surface area (Å²) in [6, 6.07) is 8.05. The quantitative estimate of drug-likeness (QED) is 0.756. The Labute approximate surface area is 141 Å². The van der Waals surface area contributed by atoms with Crippen LogP contribution in [0.1, 0.15) is 35.6 Å². The average molecular weight is 325 g/mol. The molecule has 6 nitrogen and oxygen atoms in total. The molecule has 0 spiro atoms. The van der Waals surface area contributed by atoms with Crippen molar-refractivity contribution in [3.63, 3.8) is 0 Å². The molecule has 6 heteroatoms. The molecule has 0 fully saturated rings. The SMILES string of the molecule is Cc1n[nH]c(C)c1C(C)C(=O)NCCc1nc2ccccc2n1C. The van der Waals surface area contributed by atoms with Gasteiger partial charge in [0.2, 0.25) is 5.91 Å². The molecule has 0 bridgehead atoms. The van der Waals surface area contributed by atoms with Crippen LogP contribution in [0.4, 0.5) is 0 Å². The van der Waals surface area contributed by atoms with Gasteiger partial charge in [-0.1, -0.05) is 12.1 Å². The Kier molecular flexibility index (Phi) is 4.38. The Morgan fingerprint density at radius 1 is 1.33 bits per heavy atom. The van der Waals surface area contributed by atoms with Gasteiger partial charge in [-0.15, -0.1) is 0 Å². The highest BCUT2D eigenvalue weighted by Crippen LogP contribution is 2.21. The van der Waals surface area contributed by atoms with Crippen LogP contribution in [-0.4, -0.2) is 32.2 Å². The van der Waals surface area contributed by atoms with Crippen molar-refractivity contribution in [3.05, 3.63) is 47.0 Å². The minimum absolute atomic E-state index is 0.0152. The van der Waals surface area contributed by atoms with E-state index in [9.17, 15) is 4.79 Å². The van der Waals surface area contributed by atoms with Crippen molar-refractivity contribution >= 4 is 16.9 Å². The lowest BCUT2D eigenvalue weighted by Crippen LogP contribution is -2.30. The zero-order chi connectivity index (χ0) is 17.3. The second-order valence-corrected chi connectivity index (χ2v) is 6.19. The standard InChI is InChI=1S/C18H23N5O/c1-11(17-12(2)21-22-13(17)3)18(24)19-10-9-16-20-14-7-5-6-8-15(14)23(16)4/h5-8,11H,9-10H2,1-4H3,(H,19,24)(H,21,22). The highest BCUT2D eigenvalue weighted by atomic mass is 16.1. The van der Waals surface area contributed by atoms with Gasteiger partial charge in [0.05, 0.1) is 22.6 Å². The fourth-order valence-electron chi connectivity index (χ4n) is 3.20. The summed E-state index contributed by atoms with van der Waals surface area (Å²) in [5.74, 6) is 0.769. The van der Waals surface area contributed by atoms with Crippen molar-refractivity contribution in [2.75, 3.05) is 6.54 Å². The number of H-pyrrole nitrogens is 1. The van der Waals surface area contributed by atoms with Gasteiger partial charge in [-0.25, -0.2) is 4.98 Å². The maximum absolute atomic E-state index is 12.4. The van der Waals surface area contributed by atoms with Gasteiger partial charge in [-0.3, -0.25) is 9.89 Å². The summed E-state index contributed by atoms with van der Waals surface area (Å²) >= 11 is 0. The molecule has 0 aliphatic heterocycles. The zero-order valence-corrected chi connectivity index (χ0v) is 14.6. The second-order valence-electron chi connectivity index (χ2n) is 6.19. The first-order valence-corrected chi connectivity index (χ1v) is 8.18. The summed E-state index contributed by atoms with van der Waals surface area (Å²) < 4.78 is 2.08. The number of aromatic amines is 1. The maximum atomic E-state index is 12.4. The van der Waals surface area contributed by atoms with Gasteiger partial charge in [0.15, 0.2) is 0 Å². The number of rotatable bonds is 5. The number of para-hydroxylation sites is 2. The predicted molar refractivity (Wildman–Crippen MR) is 93.9 cm³/mol. The van der Waals surface area contributed by atoms with E-state index in [1.165, 1.54) is 0 Å². The van der Waals surface area contributed by atoms with Crippen molar-refractivity contribution in [2.24, 2.45) is 7.05 Å². The molecule has 1 aromatic carbocycles. The van der Waals surface area contributed by atoms with Crippen LogP contribution >= 0.6 is 0 Å². The number of amides is 1. The van der Waals surface area contributed by atoms with E-state index in [0.29, 0.717) is 13.0 Å². The number of aromatic nitrogens is 4. The number of hydrogen-bond acceptors (Lipinski definition) is 3. The molecule has 1 atom stereocenters. The third-order valence-corrected chi connectivity index (χ3v) is 4.54. The molecule has 2 aromatic heterocycles. The van der Waals surface area contributed by atoms with Gasteiger partial charge < -0.3 is 9.88 Å². The molecule has 0 aliphatic carbocycles. The van der Waals surface area contributed by atoms with E-state index in [2.05, 4.69) is 31.1 Å². The molecule has 0 aliphatic rings. The topological polar surface area (TPSA) is 75.6 Å². The van der Waals surface area contributed by atoms with Gasteiger partial charge >= 0.3 is 0 Å². The number of hydrogen-bond donors (Lipinski definition) is 2. The molecule has 3 aromatic rings. The normalized spacial score (nSPS) is 12.5. The number of imidazole rings is 1. The van der Waals surface area contributed by atoms with E-state index < -0.39 is 0 Å². The minimum Gasteiger partial charge on any atom is -0.355 e. The summed E-state index contributed by atoms with van der Waals surface area (Å²) in [6.45, 7) is 6.34. The number of benzene rings is 1. The Bertz CT molecular complexity index is 857. The van der Waals surface area contributed by atoms with Crippen LogP contribution in [0.3, 0.4) is 0 Å². The van der Waals surface area contributed by atoms with Crippen LogP contribution in [0.25, 0.3) is 11.0 Å². The van der Waals surface area contributed by atoms with Crippen LogP contribution in [0, 0.1) is 13.8 Å². The van der Waals surface area contributed by atoms with Crippen LogP contribution < -0.4 is 5.32 Å². The Balaban J connectivity index is 1.63. The lowest BCUT2D eigenvalue weighted by Gasteiger charge is -2.12. The van der Waals surface area contributed by atoms with Crippen molar-refractivity contribution in [1.29, 1.82) is 0 Å². The monoisotopic (exact) mass is 325 g/mol. The Hall–Kier alpha value is -2.63. The first-order chi connectivity index (χ1) is 11.5. The summed E-state index contributed by atoms with van der Waals surface area (Å²) in [5, 5.41) is 10.1. The Morgan fingerprint density at radius 2 is 2.08 bits per heavy atom. The fourth-order valence-corrected chi connectivity index (χ4v) is 3.20. The molecule has 2 heterocycles. The van der Waals surface area contributed by atoms with E-state index in [1.54, 1.807) is 0 Å². The first kappa shape index (κ1) is 16.2. The zero-order valence-electron chi connectivity index (χ0n) is 14.6. The van der Waals surface area contributed by atoms with E-state index in [-0.39, 0.29) is 11.8 Å². The lowest BCUT2D eigenvalue weighted by molar-refractivity contribution is -0.122. The van der Waals surface area contributed by atoms with Gasteiger partial charge in [0.1, 0.15) is 5.82 Å². The van der Waals surface area contributed by atoms with E-state index >= 15 is 0 Å². The molecule has 3 rings (SSSR count). The Morgan fingerprint density at radius 3 is 2.75 bits per heavy atom. The largest absolute Gasteiger partial charge is 0.355 e. The molecule has 0 radical (unpaired) electrons. The van der Waals surface area contributed by atoms with Crippen LogP contribution in [0.2, 0.25) is 0 Å². The van der Waals surface area contributed by atoms with Crippen molar-refractivity contribution in [2.45, 2.75) is 33.1 Å². The van der Waals surface area contributed by atoms with Crippen molar-refractivity contribution in [1.82, 2.24) is 25.1 Å². The summed E-state index contributed by atoms with van der Waals surface area (Å²) in [5.41, 5.74) is 4.91. The first-order valence-electron chi connectivity index (χ1n) is 8.18. The fraction of sp³-hybridized carbons (Fsp3) is 0.389. The molecule has 24 heavy (non-hydrogen) atoms. The van der Waals surface area contributed by atoms with Gasteiger partial charge in [0, 0.05) is 31.3 Å². The summed E-state index contributed by atoms with van der Waals surface area (Å²) in [7, 11) is 2.01. The average Bonchev–Trinajstić information content (AvgIpc) is 3.07. The molecule has 126 valence electrons. The van der Waals surface area contributed by atoms with E-state index in [1.807, 2.05) is 46.0 Å². The number of nitrogens with one attached hydrogen (secondary N) is 2.